The van der Waals surface area contributed by atoms with Crippen molar-refractivity contribution < 1.29 is 4.79 Å². The van der Waals surface area contributed by atoms with Gasteiger partial charge < -0.3 is 0 Å². The van der Waals surface area contributed by atoms with Crippen LogP contribution >= 0.6 is 12.2 Å². The maximum atomic E-state index is 12.6. The topological polar surface area (TPSA) is 20.3 Å². The molecule has 1 atom stereocenters. The van der Waals surface area contributed by atoms with Crippen molar-refractivity contribution in [2.75, 3.05) is 0 Å². The largest absolute Gasteiger partial charge is 0.299 e. The van der Waals surface area contributed by atoms with Gasteiger partial charge in [-0.05, 0) is 24.1 Å². The number of benzene rings is 2. The van der Waals surface area contributed by atoms with Crippen molar-refractivity contribution in [2.24, 2.45) is 0 Å². The van der Waals surface area contributed by atoms with E-state index in [9.17, 15) is 4.79 Å². The number of amides is 1. The molecule has 2 nitrogen and oxygen atoms in total. The van der Waals surface area contributed by atoms with Crippen molar-refractivity contribution in [1.29, 1.82) is 0 Å². The number of carbonyl (C=O) groups excluding carboxylic acids is 1. The fraction of sp³-hybridized carbons (Fsp3) is 0.111. The van der Waals surface area contributed by atoms with E-state index in [1.165, 1.54) is 5.56 Å². The molecule has 2 aliphatic heterocycles. The first-order valence-corrected chi connectivity index (χ1v) is 7.39. The Morgan fingerprint density at radius 3 is 2.38 bits per heavy atom. The molecule has 0 aliphatic carbocycles. The third-order valence-corrected chi connectivity index (χ3v) is 4.49. The highest BCUT2D eigenvalue weighted by Gasteiger charge is 2.42. The first kappa shape index (κ1) is 12.5. The number of thiocarbonyl (C=S) groups is 1. The fourth-order valence-electron chi connectivity index (χ4n) is 3.11. The summed E-state index contributed by atoms with van der Waals surface area (Å²) in [5, 5.41) is 0. The lowest BCUT2D eigenvalue weighted by Gasteiger charge is -2.23. The van der Waals surface area contributed by atoms with Crippen LogP contribution in [0.3, 0.4) is 0 Å². The van der Waals surface area contributed by atoms with E-state index in [2.05, 4.69) is 12.1 Å². The Morgan fingerprint density at radius 1 is 0.952 bits per heavy atom. The molecule has 0 N–H and O–H groups in total. The normalized spacial score (nSPS) is 19.5. The van der Waals surface area contributed by atoms with Crippen LogP contribution < -0.4 is 0 Å². The van der Waals surface area contributed by atoms with Gasteiger partial charge in [0, 0.05) is 16.0 Å². The minimum Gasteiger partial charge on any atom is -0.299 e. The number of fused-ring (bicyclic) bond motifs is 3. The first-order valence-electron chi connectivity index (χ1n) is 6.98. The van der Waals surface area contributed by atoms with Gasteiger partial charge in [-0.1, -0.05) is 60.7 Å². The second kappa shape index (κ2) is 4.64. The summed E-state index contributed by atoms with van der Waals surface area (Å²) in [5.74, 6) is 0.0673. The van der Waals surface area contributed by atoms with E-state index < -0.39 is 0 Å². The Balaban J connectivity index is 1.72. The summed E-state index contributed by atoms with van der Waals surface area (Å²) >= 11 is 5.51. The van der Waals surface area contributed by atoms with Gasteiger partial charge in [0.25, 0.3) is 5.91 Å². The molecule has 0 aromatic heterocycles. The Labute approximate surface area is 128 Å². The van der Waals surface area contributed by atoms with Crippen molar-refractivity contribution in [2.45, 2.75) is 12.5 Å². The van der Waals surface area contributed by atoms with Gasteiger partial charge in [-0.2, -0.15) is 0 Å². The summed E-state index contributed by atoms with van der Waals surface area (Å²) in [6, 6.07) is 17.9. The van der Waals surface area contributed by atoms with Gasteiger partial charge >= 0.3 is 0 Å². The average Bonchev–Trinajstić information content (AvgIpc) is 2.98. The second-order valence-corrected chi connectivity index (χ2v) is 5.83. The van der Waals surface area contributed by atoms with Crippen molar-refractivity contribution in [3.8, 4) is 0 Å². The van der Waals surface area contributed by atoms with E-state index in [4.69, 9.17) is 12.2 Å². The molecule has 2 heterocycles. The zero-order chi connectivity index (χ0) is 14.4. The minimum absolute atomic E-state index is 0.0442. The molecule has 102 valence electrons. The third kappa shape index (κ3) is 1.85. The lowest BCUT2D eigenvalue weighted by molar-refractivity contribution is 0.0837. The van der Waals surface area contributed by atoms with E-state index in [1.807, 2.05) is 53.4 Å². The van der Waals surface area contributed by atoms with Crippen LogP contribution in [-0.2, 0) is 6.42 Å². The molecule has 0 saturated carbocycles. The summed E-state index contributed by atoms with van der Waals surface area (Å²) in [5.41, 5.74) is 3.94. The Kier molecular flexibility index (Phi) is 2.76. The van der Waals surface area contributed by atoms with Crippen LogP contribution in [0.2, 0.25) is 0 Å². The van der Waals surface area contributed by atoms with E-state index in [0.717, 1.165) is 28.1 Å². The molecule has 21 heavy (non-hydrogen) atoms. The number of nitrogens with zero attached hydrogens (tertiary/aromatic N) is 1. The monoisotopic (exact) mass is 291 g/mol. The summed E-state index contributed by atoms with van der Waals surface area (Å²) in [6.07, 6.45) is 2.74. The van der Waals surface area contributed by atoms with Crippen LogP contribution in [0.25, 0.3) is 5.70 Å². The fourth-order valence-corrected chi connectivity index (χ4v) is 3.41. The van der Waals surface area contributed by atoms with Crippen molar-refractivity contribution in [1.82, 2.24) is 4.90 Å². The summed E-state index contributed by atoms with van der Waals surface area (Å²) in [6.45, 7) is 0. The highest BCUT2D eigenvalue weighted by atomic mass is 32.1. The highest BCUT2D eigenvalue weighted by Crippen LogP contribution is 2.39. The number of hydrogen-bond donors (Lipinski definition) is 0. The molecular weight excluding hydrogens is 278 g/mol. The molecule has 0 bridgehead atoms. The van der Waals surface area contributed by atoms with Crippen LogP contribution in [0.1, 0.15) is 21.5 Å². The molecule has 0 radical (unpaired) electrons. The lowest BCUT2D eigenvalue weighted by atomic mass is 10.0. The van der Waals surface area contributed by atoms with Gasteiger partial charge in [-0.3, -0.25) is 9.69 Å². The average molecular weight is 291 g/mol. The predicted molar refractivity (Wildman–Crippen MR) is 87.1 cm³/mol. The maximum Gasteiger partial charge on any atom is 0.259 e. The molecule has 0 spiro atoms. The zero-order valence-corrected chi connectivity index (χ0v) is 12.1. The smallest absolute Gasteiger partial charge is 0.259 e. The second-order valence-electron chi connectivity index (χ2n) is 5.36. The summed E-state index contributed by atoms with van der Waals surface area (Å²) in [4.78, 5) is 15.4. The molecule has 0 fully saturated rings. The van der Waals surface area contributed by atoms with E-state index in [0.29, 0.717) is 0 Å². The van der Waals surface area contributed by atoms with Crippen LogP contribution in [0, 0.1) is 0 Å². The Hall–Kier alpha value is -2.26. The number of carbonyl (C=O) groups is 1. The van der Waals surface area contributed by atoms with E-state index in [-0.39, 0.29) is 11.9 Å². The van der Waals surface area contributed by atoms with Gasteiger partial charge in [0.05, 0.1) is 11.7 Å². The third-order valence-electron chi connectivity index (χ3n) is 4.10. The van der Waals surface area contributed by atoms with Gasteiger partial charge in [0.2, 0.25) is 0 Å². The number of rotatable bonds is 2. The highest BCUT2D eigenvalue weighted by molar-refractivity contribution is 7.81. The standard InChI is InChI=1S/C18H13NOS/c20-18-14-9-5-4-8-13(14)15-11-17(21)16(19(15)18)10-12-6-2-1-3-7-12/h1-9,11,16H,10H2. The molecule has 3 heteroatoms. The van der Waals surface area contributed by atoms with Gasteiger partial charge in [0.1, 0.15) is 0 Å². The summed E-state index contributed by atoms with van der Waals surface area (Å²) < 4.78 is 0. The molecule has 2 aromatic carbocycles. The Bertz CT molecular complexity index is 779. The van der Waals surface area contributed by atoms with E-state index in [1.54, 1.807) is 0 Å². The van der Waals surface area contributed by atoms with Crippen LogP contribution in [0.15, 0.2) is 60.7 Å². The number of hydrogen-bond acceptors (Lipinski definition) is 2. The quantitative estimate of drug-likeness (QED) is 0.790. The molecule has 2 aliphatic rings. The zero-order valence-electron chi connectivity index (χ0n) is 11.3. The molecular formula is C18H13NOS. The molecule has 4 rings (SSSR count). The van der Waals surface area contributed by atoms with Crippen molar-refractivity contribution in [3.63, 3.8) is 0 Å². The first-order chi connectivity index (χ1) is 10.3. The summed E-state index contributed by atoms with van der Waals surface area (Å²) in [7, 11) is 0. The maximum absolute atomic E-state index is 12.6. The molecule has 1 amide bonds. The minimum atomic E-state index is -0.0442. The Morgan fingerprint density at radius 2 is 1.62 bits per heavy atom. The molecule has 2 aromatic rings. The van der Waals surface area contributed by atoms with Crippen molar-refractivity contribution in [3.05, 3.63) is 77.4 Å². The molecule has 0 saturated heterocycles. The SMILES string of the molecule is O=C1c2ccccc2C2=CC(=S)C(Cc3ccccc3)N12. The van der Waals surface area contributed by atoms with Gasteiger partial charge in [-0.15, -0.1) is 0 Å². The predicted octanol–water partition coefficient (Wildman–Crippen LogP) is 3.48. The van der Waals surface area contributed by atoms with Crippen LogP contribution in [0.5, 0.6) is 0 Å². The van der Waals surface area contributed by atoms with Gasteiger partial charge in [-0.25, -0.2) is 0 Å². The van der Waals surface area contributed by atoms with Crippen LogP contribution in [0.4, 0.5) is 0 Å². The van der Waals surface area contributed by atoms with Gasteiger partial charge in [0.15, 0.2) is 0 Å². The van der Waals surface area contributed by atoms with Crippen molar-refractivity contribution >= 4 is 28.7 Å². The van der Waals surface area contributed by atoms with E-state index >= 15 is 0 Å². The lowest BCUT2D eigenvalue weighted by Crippen LogP contribution is -2.36. The van der Waals surface area contributed by atoms with Crippen LogP contribution in [-0.4, -0.2) is 21.7 Å². The molecule has 1 unspecified atom stereocenters.